The van der Waals surface area contributed by atoms with Crippen LogP contribution in [0.15, 0.2) is 41.6 Å². The number of aromatic amines is 1. The number of aromatic nitrogens is 2. The zero-order valence-electron chi connectivity index (χ0n) is 21.3. The Morgan fingerprint density at radius 2 is 2.02 bits per heavy atom. The highest BCUT2D eigenvalue weighted by molar-refractivity contribution is 6.40. The number of carboxylic acids is 1. The number of carbonyl (C=O) groups excluding carboxylic acids is 1. The second-order valence-electron chi connectivity index (χ2n) is 9.66. The molecule has 5 N–H and O–H groups in total. The first kappa shape index (κ1) is 29.3. The van der Waals surface area contributed by atoms with E-state index < -0.39 is 29.9 Å². The molecule has 0 amide bonds. The van der Waals surface area contributed by atoms with Crippen LogP contribution in [0.1, 0.15) is 46.9 Å². The van der Waals surface area contributed by atoms with Gasteiger partial charge < -0.3 is 25.5 Å². The van der Waals surface area contributed by atoms with Gasteiger partial charge in [-0.25, -0.2) is 0 Å². The van der Waals surface area contributed by atoms with E-state index in [1.807, 2.05) is 18.2 Å². The number of H-pyrrole nitrogens is 1. The maximum absolute atomic E-state index is 13.1. The van der Waals surface area contributed by atoms with Crippen LogP contribution in [0.3, 0.4) is 0 Å². The molecule has 1 aliphatic rings. The van der Waals surface area contributed by atoms with Gasteiger partial charge in [0, 0.05) is 31.4 Å². The van der Waals surface area contributed by atoms with Gasteiger partial charge in [-0.2, -0.15) is 11.7 Å². The van der Waals surface area contributed by atoms with Gasteiger partial charge in [0.2, 0.25) is 0 Å². The van der Waals surface area contributed by atoms with E-state index >= 15 is 0 Å². The zero-order chi connectivity index (χ0) is 28.8. The standard InChI is InChI=1S/C27H28Cl2N6O5/c1-30-34-27(35-7-6-19(36)14-35)31-12-18(26(39)40)11-24(38)25-20(28)8-15(9-21(25)29)2-5-23(37)16-3-4-17-13-32-33-22(17)10-16/h3-4,8-10,13,18-19,23,36-37H,2,5-7,11-12,14H2,(H,31,34)(H,32,33)(H,39,40)/t18-,19-,23?/m0/s1. The summed E-state index contributed by atoms with van der Waals surface area (Å²) in [5.74, 6) is -2.75. The van der Waals surface area contributed by atoms with E-state index in [2.05, 4.69) is 25.6 Å². The smallest absolute Gasteiger partial charge is 0.308 e. The lowest BCUT2D eigenvalue weighted by Gasteiger charge is -2.20. The number of aryl methyl sites for hydroxylation is 1. The molecular weight excluding hydrogens is 559 g/mol. The summed E-state index contributed by atoms with van der Waals surface area (Å²) < 4.78 is 0. The Bertz CT molecular complexity index is 1450. The number of benzene rings is 2. The molecule has 1 unspecified atom stereocenters. The van der Waals surface area contributed by atoms with Crippen molar-refractivity contribution < 1.29 is 24.9 Å². The summed E-state index contributed by atoms with van der Waals surface area (Å²) in [5.41, 5.74) is 2.31. The van der Waals surface area contributed by atoms with Gasteiger partial charge in [0.05, 0.1) is 45.4 Å². The van der Waals surface area contributed by atoms with Crippen molar-refractivity contribution in [2.24, 2.45) is 11.0 Å². The number of hydrogen-bond acceptors (Lipinski definition) is 6. The Morgan fingerprint density at radius 1 is 1.27 bits per heavy atom. The first-order chi connectivity index (χ1) is 19.2. The van der Waals surface area contributed by atoms with Crippen molar-refractivity contribution in [1.29, 1.82) is 0 Å². The van der Waals surface area contributed by atoms with Crippen molar-refractivity contribution in [3.8, 4) is 0 Å². The molecule has 13 heteroatoms. The number of aliphatic hydroxyl groups is 2. The molecule has 3 atom stereocenters. The van der Waals surface area contributed by atoms with E-state index in [9.17, 15) is 24.9 Å². The minimum absolute atomic E-state index is 0.0290. The maximum Gasteiger partial charge on any atom is 0.308 e. The number of ketones is 1. The highest BCUT2D eigenvalue weighted by Gasteiger charge is 2.29. The van der Waals surface area contributed by atoms with Crippen LogP contribution in [0.4, 0.5) is 0 Å². The van der Waals surface area contributed by atoms with Crippen LogP contribution < -0.4 is 5.32 Å². The number of guanidine groups is 1. The number of nitrogens with zero attached hydrogens (tertiary/aromatic N) is 4. The van der Waals surface area contributed by atoms with Gasteiger partial charge in [-0.3, -0.25) is 14.7 Å². The molecule has 4 rings (SSSR count). The maximum atomic E-state index is 13.1. The average molecular weight is 587 g/mol. The number of aliphatic hydroxyl groups excluding tert-OH is 2. The van der Waals surface area contributed by atoms with Gasteiger partial charge in [-0.1, -0.05) is 35.3 Å². The van der Waals surface area contributed by atoms with Gasteiger partial charge in [0.1, 0.15) is 5.10 Å². The van der Waals surface area contributed by atoms with Crippen LogP contribution in [-0.4, -0.2) is 73.9 Å². The average Bonchev–Trinajstić information content (AvgIpc) is 3.56. The van der Waals surface area contributed by atoms with Crippen molar-refractivity contribution in [3.63, 3.8) is 0 Å². The predicted octanol–water partition coefficient (Wildman–Crippen LogP) is 3.66. The summed E-state index contributed by atoms with van der Waals surface area (Å²) in [6, 6.07) is 8.74. The molecule has 0 spiro atoms. The van der Waals surface area contributed by atoms with E-state index in [1.54, 1.807) is 23.2 Å². The summed E-state index contributed by atoms with van der Waals surface area (Å²) in [7, 11) is 0. The Morgan fingerprint density at radius 3 is 2.67 bits per heavy atom. The van der Waals surface area contributed by atoms with E-state index in [0.29, 0.717) is 25.8 Å². The molecule has 40 heavy (non-hydrogen) atoms. The third kappa shape index (κ3) is 7.08. The summed E-state index contributed by atoms with van der Waals surface area (Å²) in [4.78, 5) is 29.7. The van der Waals surface area contributed by atoms with Crippen LogP contribution in [0.5, 0.6) is 0 Å². The Kier molecular flexibility index (Phi) is 9.60. The van der Waals surface area contributed by atoms with Crippen molar-refractivity contribution >= 4 is 51.8 Å². The monoisotopic (exact) mass is 586 g/mol. The number of rotatable bonds is 10. The van der Waals surface area contributed by atoms with Crippen molar-refractivity contribution in [1.82, 2.24) is 20.4 Å². The number of carbonyl (C=O) groups is 2. The second-order valence-corrected chi connectivity index (χ2v) is 10.5. The Balaban J connectivity index is 1.39. The van der Waals surface area contributed by atoms with Gasteiger partial charge in [0.25, 0.3) is 5.96 Å². The van der Waals surface area contributed by atoms with Gasteiger partial charge >= 0.3 is 5.97 Å². The number of aliphatic carboxylic acids is 1. The molecule has 2 heterocycles. The number of carboxylic acid groups (broad SMARTS) is 1. The van der Waals surface area contributed by atoms with E-state index in [1.165, 1.54) is 0 Å². The third-order valence-electron chi connectivity index (χ3n) is 6.83. The number of halogens is 2. The predicted molar refractivity (Wildman–Crippen MR) is 150 cm³/mol. The van der Waals surface area contributed by atoms with Gasteiger partial charge in [-0.05, 0) is 48.6 Å². The van der Waals surface area contributed by atoms with Crippen LogP contribution in [0, 0.1) is 12.5 Å². The van der Waals surface area contributed by atoms with Crippen molar-refractivity contribution in [2.45, 2.75) is 37.9 Å². The topological polar surface area (TPSA) is 155 Å². The molecule has 210 valence electrons. The molecule has 1 saturated heterocycles. The molecule has 1 aliphatic heterocycles. The number of likely N-dealkylation sites (tertiary alicyclic amines) is 1. The summed E-state index contributed by atoms with van der Waals surface area (Å²) in [6.07, 6.45) is 1.35. The molecule has 1 fully saturated rings. The molecule has 11 nitrogen and oxygen atoms in total. The zero-order valence-corrected chi connectivity index (χ0v) is 22.9. The highest BCUT2D eigenvalue weighted by atomic mass is 35.5. The van der Waals surface area contributed by atoms with Crippen LogP contribution in [0.2, 0.25) is 10.0 Å². The van der Waals surface area contributed by atoms with E-state index in [0.717, 1.165) is 22.0 Å². The highest BCUT2D eigenvalue weighted by Crippen LogP contribution is 2.31. The lowest BCUT2D eigenvalue weighted by molar-refractivity contribution is -0.141. The molecular formula is C27H28Cl2N6O5. The molecule has 0 radical (unpaired) electrons. The molecule has 0 saturated carbocycles. The fraction of sp³-hybridized carbons (Fsp3) is 0.370. The number of fused-ring (bicyclic) bond motifs is 1. The minimum Gasteiger partial charge on any atom is -0.481 e. The number of Topliss-reactive ketones (excluding diaryl/α,β-unsaturated/α-hetero) is 1. The quantitative estimate of drug-likeness (QED) is 0.0792. The van der Waals surface area contributed by atoms with Crippen LogP contribution in [0.25, 0.3) is 15.9 Å². The molecule has 1 aromatic heterocycles. The molecule has 2 aromatic carbocycles. The molecule has 0 aliphatic carbocycles. The van der Waals surface area contributed by atoms with Crippen molar-refractivity contribution in [3.05, 3.63) is 74.8 Å². The fourth-order valence-corrected chi connectivity index (χ4v) is 5.39. The first-order valence-corrected chi connectivity index (χ1v) is 13.4. The lowest BCUT2D eigenvalue weighted by atomic mass is 9.95. The summed E-state index contributed by atoms with van der Waals surface area (Å²) >= 11 is 12.8. The van der Waals surface area contributed by atoms with Gasteiger partial charge in [0.15, 0.2) is 5.78 Å². The minimum atomic E-state index is -1.21. The largest absolute Gasteiger partial charge is 0.481 e. The summed E-state index contributed by atoms with van der Waals surface area (Å²) in [6.45, 7) is 7.58. The first-order valence-electron chi connectivity index (χ1n) is 12.6. The van der Waals surface area contributed by atoms with Gasteiger partial charge in [-0.15, -0.1) is 4.95 Å². The Labute approximate surface area is 240 Å². The van der Waals surface area contributed by atoms with E-state index in [-0.39, 0.29) is 41.1 Å². The Hall–Kier alpha value is -3.69. The molecule has 0 bridgehead atoms. The second kappa shape index (κ2) is 13.1. The van der Waals surface area contributed by atoms with E-state index in [4.69, 9.17) is 29.8 Å². The number of nitrogens with one attached hydrogen (secondary N) is 2. The SMILES string of the molecule is [C-]#[N+]/N=C(\NC[C@H](CC(=O)c1c(Cl)cc(CCC(O)c2ccc3cn[nH]c3c2)cc1Cl)C(=O)O)N1CC[C@H](O)C1. The number of hydrogen-bond donors (Lipinski definition) is 5. The normalized spacial score (nSPS) is 17.0. The third-order valence-corrected chi connectivity index (χ3v) is 7.43. The lowest BCUT2D eigenvalue weighted by Crippen LogP contribution is -2.43. The van der Waals surface area contributed by atoms with Crippen molar-refractivity contribution in [2.75, 3.05) is 19.6 Å². The fourth-order valence-electron chi connectivity index (χ4n) is 4.65. The molecule has 3 aromatic rings. The number of β-amino-alcohol motifs (C(OH)–C–C–N with tert-alkyl or cyclic N) is 1. The summed E-state index contributed by atoms with van der Waals surface area (Å²) in [5, 5.41) is 44.6. The van der Waals surface area contributed by atoms with Crippen LogP contribution in [-0.2, 0) is 11.2 Å². The van der Waals surface area contributed by atoms with Crippen LogP contribution >= 0.6 is 23.2 Å².